The van der Waals surface area contributed by atoms with Crippen molar-refractivity contribution < 1.29 is 46.0 Å². The Hall–Kier alpha value is -5.31. The number of carbonyl (C=O) groups excluding carboxylic acids is 1. The van der Waals surface area contributed by atoms with Crippen LogP contribution < -0.4 is 8.49 Å². The average molecular weight is 662 g/mol. The van der Waals surface area contributed by atoms with Crippen molar-refractivity contribution in [1.82, 2.24) is 4.90 Å². The number of amides is 1. The van der Waals surface area contributed by atoms with Crippen molar-refractivity contribution in [3.8, 4) is 5.75 Å². The van der Waals surface area contributed by atoms with E-state index in [2.05, 4.69) is 0 Å². The Bertz CT molecular complexity index is 2130. The van der Waals surface area contributed by atoms with Gasteiger partial charge in [-0.15, -0.1) is 0 Å². The summed E-state index contributed by atoms with van der Waals surface area (Å²) in [5, 5.41) is 21.8. The predicted octanol–water partition coefficient (Wildman–Crippen LogP) is 4.69. The van der Waals surface area contributed by atoms with E-state index in [4.69, 9.17) is 4.18 Å². The molecule has 2 N–H and O–H groups in total. The summed E-state index contributed by atoms with van der Waals surface area (Å²) in [6.07, 6.45) is -0.957. The first kappa shape index (κ1) is 32.1. The van der Waals surface area contributed by atoms with Gasteiger partial charge in [0.15, 0.2) is 0 Å². The van der Waals surface area contributed by atoms with Crippen molar-refractivity contribution >= 4 is 72.2 Å². The Morgan fingerprint density at radius 2 is 1.41 bits per heavy atom. The number of rotatable bonds is 11. The molecule has 2 unspecified atom stereocenters. The second kappa shape index (κ2) is 13.0. The third-order valence-corrected chi connectivity index (χ3v) is 9.14. The van der Waals surface area contributed by atoms with Gasteiger partial charge in [-0.05, 0) is 64.0 Å². The summed E-state index contributed by atoms with van der Waals surface area (Å²) in [5.74, 6) is -4.60. The van der Waals surface area contributed by atoms with Crippen LogP contribution in [-0.2, 0) is 31.0 Å². The number of fused-ring (bicyclic) bond motifs is 2. The van der Waals surface area contributed by atoms with Crippen LogP contribution >= 0.6 is 0 Å². The van der Waals surface area contributed by atoms with E-state index in [1.807, 2.05) is 6.07 Å². The Morgan fingerprint density at radius 3 is 2.00 bits per heavy atom. The lowest BCUT2D eigenvalue weighted by Gasteiger charge is -2.30. The molecule has 0 saturated carbocycles. The summed E-state index contributed by atoms with van der Waals surface area (Å²) in [6.45, 7) is 0. The maximum absolute atomic E-state index is 13.8. The van der Waals surface area contributed by atoms with Gasteiger partial charge in [0, 0.05) is 7.05 Å². The van der Waals surface area contributed by atoms with Crippen molar-refractivity contribution in [2.24, 2.45) is 0 Å². The molecule has 0 bridgehead atoms. The summed E-state index contributed by atoms with van der Waals surface area (Å²) in [4.78, 5) is 37.6. The highest BCUT2D eigenvalue weighted by atomic mass is 32.2. The zero-order valence-electron chi connectivity index (χ0n) is 24.0. The molecular weight excluding hydrogens is 636 g/mol. The molecule has 5 aromatic rings. The molecule has 0 radical (unpaired) electrons. The van der Waals surface area contributed by atoms with Gasteiger partial charge < -0.3 is 23.8 Å². The lowest BCUT2D eigenvalue weighted by Crippen LogP contribution is -2.44. The standard InChI is InChI=1S/C32H26N2O10S2/c1-33(29(32(38)39)19-30(35)36)31(37)27-18-25(44-46(42,43)26-14-11-21-7-3-5-9-23(21)17-26)13-15-28(27)34(45(40)41)24-12-10-20-6-2-4-8-22(20)16-24/h2-18,29H,19H2,1H3,(H,35,36)(H,38,39)(H,40,41)/p-1. The van der Waals surface area contributed by atoms with Crippen LogP contribution in [0.25, 0.3) is 21.5 Å². The number of benzene rings is 5. The monoisotopic (exact) mass is 661 g/mol. The Kier molecular flexibility index (Phi) is 9.05. The number of likely N-dealkylation sites (N-methyl/N-ethyl adjacent to an activating group) is 1. The van der Waals surface area contributed by atoms with Crippen LogP contribution in [0.15, 0.2) is 108 Å². The van der Waals surface area contributed by atoms with E-state index in [9.17, 15) is 41.8 Å². The number of hydrogen-bond donors (Lipinski definition) is 2. The number of carboxylic acids is 2. The molecule has 0 heterocycles. The number of nitrogens with zero attached hydrogens (tertiary/aromatic N) is 2. The molecule has 14 heteroatoms. The van der Waals surface area contributed by atoms with E-state index in [-0.39, 0.29) is 22.0 Å². The third kappa shape index (κ3) is 6.68. The van der Waals surface area contributed by atoms with E-state index in [0.717, 1.165) is 40.3 Å². The molecule has 1 amide bonds. The maximum Gasteiger partial charge on any atom is 0.339 e. The minimum absolute atomic E-state index is 0.113. The number of anilines is 2. The molecule has 0 saturated heterocycles. The first-order chi connectivity index (χ1) is 21.9. The smallest absolute Gasteiger partial charge is 0.339 e. The molecule has 0 aliphatic heterocycles. The molecule has 236 valence electrons. The number of hydrogen-bond acceptors (Lipinski definition) is 8. The lowest BCUT2D eigenvalue weighted by molar-refractivity contribution is -0.148. The molecule has 5 aromatic carbocycles. The Labute approximate surface area is 265 Å². The van der Waals surface area contributed by atoms with Crippen molar-refractivity contribution in [3.63, 3.8) is 0 Å². The SMILES string of the molecule is CN(C(=O)c1cc(OS(=O)(=O)c2ccc3ccccc3c2)ccc1N(c1ccc2ccccc2c1)S(=O)[O-])C(CC(=O)O)C(=O)O. The van der Waals surface area contributed by atoms with Gasteiger partial charge in [0.1, 0.15) is 16.7 Å². The second-order valence-electron chi connectivity index (χ2n) is 10.1. The van der Waals surface area contributed by atoms with Crippen LogP contribution in [0.5, 0.6) is 5.75 Å². The average Bonchev–Trinajstić information content (AvgIpc) is 3.02. The molecule has 12 nitrogen and oxygen atoms in total. The van der Waals surface area contributed by atoms with Gasteiger partial charge in [0.05, 0.1) is 34.6 Å². The molecule has 0 aliphatic rings. The van der Waals surface area contributed by atoms with Gasteiger partial charge in [-0.3, -0.25) is 18.1 Å². The first-order valence-electron chi connectivity index (χ1n) is 13.5. The second-order valence-corrected chi connectivity index (χ2v) is 12.5. The molecule has 0 aliphatic carbocycles. The fourth-order valence-corrected chi connectivity index (χ4v) is 6.47. The van der Waals surface area contributed by atoms with Crippen molar-refractivity contribution in [3.05, 3.63) is 109 Å². The molecule has 0 fully saturated rings. The normalized spacial score (nSPS) is 12.7. The topological polar surface area (TPSA) is 182 Å². The molecule has 5 rings (SSSR count). The van der Waals surface area contributed by atoms with Gasteiger partial charge in [-0.25, -0.2) is 4.79 Å². The Balaban J connectivity index is 1.62. The van der Waals surface area contributed by atoms with E-state index in [1.165, 1.54) is 18.2 Å². The van der Waals surface area contributed by atoms with E-state index in [0.29, 0.717) is 15.7 Å². The highest BCUT2D eigenvalue weighted by Gasteiger charge is 2.32. The maximum atomic E-state index is 13.8. The fraction of sp³-hybridized carbons (Fsp3) is 0.0938. The van der Waals surface area contributed by atoms with Crippen LogP contribution in [0, 0.1) is 0 Å². The van der Waals surface area contributed by atoms with Gasteiger partial charge in [0.25, 0.3) is 5.91 Å². The summed E-state index contributed by atoms with van der Waals surface area (Å²) in [5.41, 5.74) is -0.625. The van der Waals surface area contributed by atoms with Gasteiger partial charge in [0.2, 0.25) is 0 Å². The van der Waals surface area contributed by atoms with E-state index < -0.39 is 57.3 Å². The minimum atomic E-state index is -4.47. The molecular formula is C32H25N2O10S2-. The van der Waals surface area contributed by atoms with E-state index >= 15 is 0 Å². The van der Waals surface area contributed by atoms with Crippen molar-refractivity contribution in [2.75, 3.05) is 11.4 Å². The van der Waals surface area contributed by atoms with Crippen molar-refractivity contribution in [2.45, 2.75) is 17.4 Å². The van der Waals surface area contributed by atoms with Crippen molar-refractivity contribution in [1.29, 1.82) is 0 Å². The summed E-state index contributed by atoms with van der Waals surface area (Å²) in [7, 11) is -3.43. The summed E-state index contributed by atoms with van der Waals surface area (Å²) < 4.78 is 58.1. The quantitative estimate of drug-likeness (QED) is 0.149. The first-order valence-corrected chi connectivity index (χ1v) is 16.0. The van der Waals surface area contributed by atoms with Gasteiger partial charge in [-0.2, -0.15) is 8.42 Å². The van der Waals surface area contributed by atoms with Crippen LogP contribution in [0.3, 0.4) is 0 Å². The highest BCUT2D eigenvalue weighted by molar-refractivity contribution is 7.87. The largest absolute Gasteiger partial charge is 0.755 e. The lowest BCUT2D eigenvalue weighted by atomic mass is 10.1. The van der Waals surface area contributed by atoms with Crippen LogP contribution in [-0.4, -0.2) is 63.2 Å². The molecule has 0 spiro atoms. The number of carboxylic acid groups (broad SMARTS) is 2. The zero-order valence-corrected chi connectivity index (χ0v) is 25.6. The predicted molar refractivity (Wildman–Crippen MR) is 169 cm³/mol. The molecule has 2 atom stereocenters. The molecule has 0 aromatic heterocycles. The molecule has 46 heavy (non-hydrogen) atoms. The highest BCUT2D eigenvalue weighted by Crippen LogP contribution is 2.36. The number of carbonyl (C=O) groups is 3. The number of aliphatic carboxylic acids is 2. The van der Waals surface area contributed by atoms with Crippen LogP contribution in [0.2, 0.25) is 0 Å². The fourth-order valence-electron chi connectivity index (χ4n) is 4.91. The third-order valence-electron chi connectivity index (χ3n) is 7.19. The van der Waals surface area contributed by atoms with E-state index in [1.54, 1.807) is 60.7 Å². The van der Waals surface area contributed by atoms with Gasteiger partial charge in [-0.1, -0.05) is 60.7 Å². The Morgan fingerprint density at radius 1 is 0.826 bits per heavy atom. The summed E-state index contributed by atoms with van der Waals surface area (Å²) >= 11 is -3.04. The van der Waals surface area contributed by atoms with Crippen LogP contribution in [0.1, 0.15) is 16.8 Å². The van der Waals surface area contributed by atoms with Gasteiger partial charge >= 0.3 is 22.1 Å². The zero-order chi connectivity index (χ0) is 33.2. The van der Waals surface area contributed by atoms with Crippen LogP contribution in [0.4, 0.5) is 11.4 Å². The summed E-state index contributed by atoms with van der Waals surface area (Å²) in [6, 6.07) is 24.7. The minimum Gasteiger partial charge on any atom is -0.755 e.